The second kappa shape index (κ2) is 5.38. The molecule has 2 N–H and O–H groups in total. The summed E-state index contributed by atoms with van der Waals surface area (Å²) in [4.78, 5) is 4.02. The fourth-order valence-electron chi connectivity index (χ4n) is 1.74. The molecule has 2 aromatic rings. The minimum atomic E-state index is -0.380. The maximum Gasteiger partial charge on any atom is 0.129 e. The molecule has 88 valence electrons. The predicted molar refractivity (Wildman–Crippen MR) is 69.0 cm³/mol. The number of nitrogens with two attached hydrogens (primary N) is 1. The lowest BCUT2D eigenvalue weighted by atomic mass is 10.0. The van der Waals surface area contributed by atoms with Crippen molar-refractivity contribution in [1.82, 2.24) is 4.98 Å². The van der Waals surface area contributed by atoms with Crippen molar-refractivity contribution >= 4 is 15.9 Å². The third-order valence-corrected chi connectivity index (χ3v) is 3.24. The first-order chi connectivity index (χ1) is 8.18. The zero-order valence-corrected chi connectivity index (χ0v) is 10.7. The number of hydrogen-bond acceptors (Lipinski definition) is 2. The van der Waals surface area contributed by atoms with E-state index in [9.17, 15) is 4.39 Å². The molecule has 0 radical (unpaired) electrons. The van der Waals surface area contributed by atoms with Crippen molar-refractivity contribution in [3.05, 3.63) is 64.1 Å². The number of benzene rings is 1. The highest BCUT2D eigenvalue weighted by Gasteiger charge is 2.15. The highest BCUT2D eigenvalue weighted by molar-refractivity contribution is 9.10. The van der Waals surface area contributed by atoms with Crippen LogP contribution in [0.1, 0.15) is 17.2 Å². The fourth-order valence-corrected chi connectivity index (χ4v) is 2.38. The van der Waals surface area contributed by atoms with Crippen LogP contribution in [0.25, 0.3) is 0 Å². The molecular weight excluding hydrogens is 283 g/mol. The van der Waals surface area contributed by atoms with Crippen molar-refractivity contribution in [2.24, 2.45) is 5.73 Å². The summed E-state index contributed by atoms with van der Waals surface area (Å²) < 4.78 is 14.4. The van der Waals surface area contributed by atoms with E-state index in [1.165, 1.54) is 6.07 Å². The SMILES string of the molecule is NC(Cc1cccnc1)c1c(F)cccc1Br. The molecule has 2 rings (SSSR count). The number of pyridine rings is 1. The van der Waals surface area contributed by atoms with Gasteiger partial charge in [0, 0.05) is 28.5 Å². The summed E-state index contributed by atoms with van der Waals surface area (Å²) in [6, 6.07) is 8.26. The zero-order valence-electron chi connectivity index (χ0n) is 9.11. The Balaban J connectivity index is 2.23. The van der Waals surface area contributed by atoms with Crippen LogP contribution in [-0.2, 0) is 6.42 Å². The van der Waals surface area contributed by atoms with Gasteiger partial charge in [-0.2, -0.15) is 0 Å². The lowest BCUT2D eigenvalue weighted by Crippen LogP contribution is -2.15. The minimum Gasteiger partial charge on any atom is -0.324 e. The summed E-state index contributed by atoms with van der Waals surface area (Å²) in [7, 11) is 0. The number of hydrogen-bond donors (Lipinski definition) is 1. The summed E-state index contributed by atoms with van der Waals surface area (Å²) in [6.45, 7) is 0. The first-order valence-corrected chi connectivity index (χ1v) is 6.06. The Labute approximate surface area is 108 Å². The Morgan fingerprint density at radius 3 is 2.76 bits per heavy atom. The average molecular weight is 295 g/mol. The van der Waals surface area contributed by atoms with Gasteiger partial charge in [-0.05, 0) is 30.2 Å². The molecule has 1 aromatic heterocycles. The van der Waals surface area contributed by atoms with Crippen LogP contribution in [0.5, 0.6) is 0 Å². The molecule has 0 bridgehead atoms. The van der Waals surface area contributed by atoms with E-state index >= 15 is 0 Å². The van der Waals surface area contributed by atoms with Crippen molar-refractivity contribution in [1.29, 1.82) is 0 Å². The molecule has 0 spiro atoms. The number of aromatic nitrogens is 1. The summed E-state index contributed by atoms with van der Waals surface area (Å²) in [5, 5.41) is 0. The van der Waals surface area contributed by atoms with Gasteiger partial charge in [0.05, 0.1) is 0 Å². The molecule has 0 fully saturated rings. The highest BCUT2D eigenvalue weighted by Crippen LogP contribution is 2.26. The molecule has 1 heterocycles. The van der Waals surface area contributed by atoms with Gasteiger partial charge in [0.2, 0.25) is 0 Å². The lowest BCUT2D eigenvalue weighted by Gasteiger charge is -2.14. The fraction of sp³-hybridized carbons (Fsp3) is 0.154. The van der Waals surface area contributed by atoms with E-state index in [1.54, 1.807) is 24.5 Å². The summed E-state index contributed by atoms with van der Waals surface area (Å²) >= 11 is 3.33. The molecule has 17 heavy (non-hydrogen) atoms. The zero-order chi connectivity index (χ0) is 12.3. The van der Waals surface area contributed by atoms with Crippen molar-refractivity contribution in [3.8, 4) is 0 Å². The van der Waals surface area contributed by atoms with Gasteiger partial charge in [0.15, 0.2) is 0 Å². The largest absolute Gasteiger partial charge is 0.324 e. The molecule has 1 atom stereocenters. The van der Waals surface area contributed by atoms with E-state index in [2.05, 4.69) is 20.9 Å². The normalized spacial score (nSPS) is 12.4. The first kappa shape index (κ1) is 12.2. The Bertz CT molecular complexity index is 482. The van der Waals surface area contributed by atoms with E-state index in [-0.39, 0.29) is 11.9 Å². The van der Waals surface area contributed by atoms with E-state index in [0.29, 0.717) is 16.5 Å². The van der Waals surface area contributed by atoms with Crippen LogP contribution in [0.2, 0.25) is 0 Å². The second-order valence-corrected chi connectivity index (χ2v) is 4.66. The van der Waals surface area contributed by atoms with Gasteiger partial charge < -0.3 is 5.73 Å². The second-order valence-electron chi connectivity index (χ2n) is 3.81. The molecule has 0 saturated carbocycles. The highest BCUT2D eigenvalue weighted by atomic mass is 79.9. The van der Waals surface area contributed by atoms with Gasteiger partial charge in [-0.3, -0.25) is 4.98 Å². The molecule has 0 amide bonds. The molecule has 1 unspecified atom stereocenters. The van der Waals surface area contributed by atoms with Crippen LogP contribution in [0, 0.1) is 5.82 Å². The van der Waals surface area contributed by atoms with Gasteiger partial charge >= 0.3 is 0 Å². The van der Waals surface area contributed by atoms with Gasteiger partial charge in [-0.15, -0.1) is 0 Å². The molecule has 4 heteroatoms. The van der Waals surface area contributed by atoms with Gasteiger partial charge in [0.1, 0.15) is 5.82 Å². The maximum atomic E-state index is 13.7. The standard InChI is InChI=1S/C13H12BrFN2/c14-10-4-1-5-11(15)13(10)12(16)7-9-3-2-6-17-8-9/h1-6,8,12H,7,16H2. The Morgan fingerprint density at radius 2 is 2.12 bits per heavy atom. The Morgan fingerprint density at radius 1 is 1.29 bits per heavy atom. The summed E-state index contributed by atoms with van der Waals surface area (Å²) in [5.74, 6) is -0.282. The Hall–Kier alpha value is -1.26. The van der Waals surface area contributed by atoms with Gasteiger partial charge in [-0.25, -0.2) is 4.39 Å². The third-order valence-electron chi connectivity index (χ3n) is 2.55. The van der Waals surface area contributed by atoms with Gasteiger partial charge in [-0.1, -0.05) is 28.1 Å². The molecule has 1 aromatic carbocycles. The monoisotopic (exact) mass is 294 g/mol. The van der Waals surface area contributed by atoms with E-state index in [4.69, 9.17) is 5.73 Å². The maximum absolute atomic E-state index is 13.7. The van der Waals surface area contributed by atoms with E-state index in [1.807, 2.05) is 12.1 Å². The summed E-state index contributed by atoms with van der Waals surface area (Å²) in [6.07, 6.45) is 4.01. The van der Waals surface area contributed by atoms with Crippen molar-refractivity contribution in [2.45, 2.75) is 12.5 Å². The molecular formula is C13H12BrFN2. The smallest absolute Gasteiger partial charge is 0.129 e. The van der Waals surface area contributed by atoms with Crippen molar-refractivity contribution in [3.63, 3.8) is 0 Å². The Kier molecular flexibility index (Phi) is 3.86. The molecule has 2 nitrogen and oxygen atoms in total. The van der Waals surface area contributed by atoms with Crippen molar-refractivity contribution in [2.75, 3.05) is 0 Å². The van der Waals surface area contributed by atoms with Gasteiger partial charge in [0.25, 0.3) is 0 Å². The predicted octanol–water partition coefficient (Wildman–Crippen LogP) is 3.23. The molecule has 0 saturated heterocycles. The van der Waals surface area contributed by atoms with Crippen LogP contribution in [0.4, 0.5) is 4.39 Å². The summed E-state index contributed by atoms with van der Waals surface area (Å²) in [5.41, 5.74) is 7.54. The van der Waals surface area contributed by atoms with Crippen LogP contribution in [0.3, 0.4) is 0 Å². The minimum absolute atomic E-state index is 0.282. The van der Waals surface area contributed by atoms with Crippen LogP contribution in [-0.4, -0.2) is 4.98 Å². The molecule has 0 aliphatic rings. The van der Waals surface area contributed by atoms with Crippen LogP contribution in [0.15, 0.2) is 47.2 Å². The topological polar surface area (TPSA) is 38.9 Å². The van der Waals surface area contributed by atoms with Crippen LogP contribution >= 0.6 is 15.9 Å². The molecule has 0 aliphatic heterocycles. The lowest BCUT2D eigenvalue weighted by molar-refractivity contribution is 0.578. The van der Waals surface area contributed by atoms with Crippen LogP contribution < -0.4 is 5.73 Å². The van der Waals surface area contributed by atoms with Crippen molar-refractivity contribution < 1.29 is 4.39 Å². The van der Waals surface area contributed by atoms with E-state index in [0.717, 1.165) is 5.56 Å². The number of nitrogens with zero attached hydrogens (tertiary/aromatic N) is 1. The average Bonchev–Trinajstić information content (AvgIpc) is 2.30. The quantitative estimate of drug-likeness (QED) is 0.944. The first-order valence-electron chi connectivity index (χ1n) is 5.27. The van der Waals surface area contributed by atoms with E-state index < -0.39 is 0 Å². The number of halogens is 2. The molecule has 0 aliphatic carbocycles. The third kappa shape index (κ3) is 2.90. The number of rotatable bonds is 3.